The smallest absolute Gasteiger partial charge is 0.228 e. The van der Waals surface area contributed by atoms with Crippen LogP contribution in [0.4, 0.5) is 0 Å². The van der Waals surface area contributed by atoms with Gasteiger partial charge in [-0.2, -0.15) is 0 Å². The van der Waals surface area contributed by atoms with Crippen LogP contribution in [0.3, 0.4) is 0 Å². The highest BCUT2D eigenvalue weighted by Crippen LogP contribution is 2.10. The molecule has 0 unspecified atom stereocenters. The van der Waals surface area contributed by atoms with E-state index >= 15 is 0 Å². The summed E-state index contributed by atoms with van der Waals surface area (Å²) in [5, 5.41) is 12.8. The summed E-state index contributed by atoms with van der Waals surface area (Å²) in [7, 11) is 0. The molecule has 1 N–H and O–H groups in total. The van der Waals surface area contributed by atoms with Crippen LogP contribution >= 0.6 is 11.3 Å². The Morgan fingerprint density at radius 2 is 2.23 bits per heavy atom. The zero-order valence-electron chi connectivity index (χ0n) is 6.85. The molecule has 0 saturated carbocycles. The minimum atomic E-state index is -0.541. The first-order valence-electron chi connectivity index (χ1n) is 3.48. The third kappa shape index (κ3) is 2.00. The van der Waals surface area contributed by atoms with Gasteiger partial charge >= 0.3 is 0 Å². The minimum absolute atomic E-state index is 0.392. The van der Waals surface area contributed by atoms with Crippen molar-refractivity contribution in [3.05, 3.63) is 22.4 Å². The maximum Gasteiger partial charge on any atom is 0.228 e. The molecule has 1 aromatic rings. The number of hydrogen-bond acceptors (Lipinski definition) is 5. The van der Waals surface area contributed by atoms with Crippen LogP contribution in [-0.2, 0) is 4.79 Å². The highest BCUT2D eigenvalue weighted by atomic mass is 32.1. The number of Topliss-reactive ketones (excluding diaryl/α,β-unsaturated/α-hetero) is 2. The summed E-state index contributed by atoms with van der Waals surface area (Å²) < 4.78 is 0. The molecule has 0 radical (unpaired) electrons. The van der Waals surface area contributed by atoms with Crippen LogP contribution in [0.25, 0.3) is 0 Å². The largest absolute Gasteiger partial charge is 0.410 e. The molecule has 0 saturated heterocycles. The van der Waals surface area contributed by atoms with Crippen LogP contribution in [0.2, 0.25) is 0 Å². The van der Waals surface area contributed by atoms with Crippen LogP contribution in [0.5, 0.6) is 0 Å². The Labute approximate surface area is 78.5 Å². The predicted molar refractivity (Wildman–Crippen MR) is 48.6 cm³/mol. The van der Waals surface area contributed by atoms with Gasteiger partial charge in [0, 0.05) is 6.92 Å². The van der Waals surface area contributed by atoms with Gasteiger partial charge in [-0.1, -0.05) is 11.2 Å². The lowest BCUT2D eigenvalue weighted by Crippen LogP contribution is -2.21. The van der Waals surface area contributed by atoms with E-state index in [-0.39, 0.29) is 0 Å². The van der Waals surface area contributed by atoms with E-state index < -0.39 is 17.3 Å². The topological polar surface area (TPSA) is 66.7 Å². The highest BCUT2D eigenvalue weighted by Gasteiger charge is 2.19. The average molecular weight is 197 g/mol. The molecular formula is C8H7NO3S. The van der Waals surface area contributed by atoms with Crippen molar-refractivity contribution in [2.75, 3.05) is 0 Å². The number of carbonyl (C=O) groups is 2. The lowest BCUT2D eigenvalue weighted by Gasteiger charge is -1.94. The second kappa shape index (κ2) is 3.95. The van der Waals surface area contributed by atoms with E-state index in [0.717, 1.165) is 0 Å². The van der Waals surface area contributed by atoms with Gasteiger partial charge < -0.3 is 5.21 Å². The fourth-order valence-corrected chi connectivity index (χ4v) is 1.46. The number of thiophene rings is 1. The summed E-state index contributed by atoms with van der Waals surface area (Å²) in [6.07, 6.45) is 0. The predicted octanol–water partition coefficient (Wildman–Crippen LogP) is 1.35. The first-order valence-corrected chi connectivity index (χ1v) is 4.36. The maximum atomic E-state index is 11.4. The molecule has 4 nitrogen and oxygen atoms in total. The molecule has 0 atom stereocenters. The van der Waals surface area contributed by atoms with Crippen molar-refractivity contribution in [2.45, 2.75) is 6.92 Å². The quantitative estimate of drug-likeness (QED) is 0.261. The van der Waals surface area contributed by atoms with Crippen LogP contribution in [0.1, 0.15) is 16.6 Å². The zero-order chi connectivity index (χ0) is 9.84. The number of carbonyl (C=O) groups excluding carboxylic acids is 2. The van der Waals surface area contributed by atoms with Gasteiger partial charge in [0.25, 0.3) is 0 Å². The van der Waals surface area contributed by atoms with Crippen molar-refractivity contribution in [1.29, 1.82) is 0 Å². The van der Waals surface area contributed by atoms with Gasteiger partial charge in [-0.05, 0) is 11.4 Å². The van der Waals surface area contributed by atoms with E-state index in [2.05, 4.69) is 5.16 Å². The van der Waals surface area contributed by atoms with Crippen LogP contribution in [-0.4, -0.2) is 22.5 Å². The molecule has 0 fully saturated rings. The molecule has 0 aromatic carbocycles. The van der Waals surface area contributed by atoms with Crippen molar-refractivity contribution >= 4 is 28.6 Å². The van der Waals surface area contributed by atoms with Gasteiger partial charge in [-0.3, -0.25) is 9.59 Å². The first-order chi connectivity index (χ1) is 6.16. The van der Waals surface area contributed by atoms with Gasteiger partial charge in [0.2, 0.25) is 5.78 Å². The summed E-state index contributed by atoms with van der Waals surface area (Å²) in [5.41, 5.74) is -0.428. The summed E-state index contributed by atoms with van der Waals surface area (Å²) in [5.74, 6) is -1.08. The molecule has 0 aliphatic heterocycles. The number of rotatable bonds is 3. The Morgan fingerprint density at radius 1 is 1.54 bits per heavy atom. The molecule has 1 heterocycles. The van der Waals surface area contributed by atoms with E-state index in [4.69, 9.17) is 5.21 Å². The molecule has 0 bridgehead atoms. The Bertz CT molecular complexity index is 353. The Kier molecular flexibility index (Phi) is 2.92. The minimum Gasteiger partial charge on any atom is -0.410 e. The van der Waals surface area contributed by atoms with Crippen LogP contribution in [0.15, 0.2) is 22.7 Å². The molecular weight excluding hydrogens is 190 g/mol. The van der Waals surface area contributed by atoms with E-state index in [1.54, 1.807) is 17.5 Å². The van der Waals surface area contributed by atoms with Crippen molar-refractivity contribution in [3.63, 3.8) is 0 Å². The number of ketones is 2. The van der Waals surface area contributed by atoms with E-state index in [1.807, 2.05) is 0 Å². The lowest BCUT2D eigenvalue weighted by atomic mass is 10.1. The molecule has 1 aromatic heterocycles. The van der Waals surface area contributed by atoms with Gasteiger partial charge in [0.05, 0.1) is 4.88 Å². The van der Waals surface area contributed by atoms with Gasteiger partial charge in [-0.15, -0.1) is 11.3 Å². The Morgan fingerprint density at radius 3 is 2.62 bits per heavy atom. The molecule has 0 spiro atoms. The molecule has 0 amide bonds. The monoisotopic (exact) mass is 197 g/mol. The van der Waals surface area contributed by atoms with Crippen molar-refractivity contribution in [1.82, 2.24) is 0 Å². The molecule has 13 heavy (non-hydrogen) atoms. The fourth-order valence-electron chi connectivity index (χ4n) is 0.800. The molecule has 0 aliphatic rings. The van der Waals surface area contributed by atoms with E-state index in [1.165, 1.54) is 18.3 Å². The van der Waals surface area contributed by atoms with E-state index in [9.17, 15) is 9.59 Å². The molecule has 5 heteroatoms. The zero-order valence-corrected chi connectivity index (χ0v) is 7.67. The number of nitrogens with zero attached hydrogens (tertiary/aromatic N) is 1. The first kappa shape index (κ1) is 9.60. The third-order valence-corrected chi connectivity index (χ3v) is 2.26. The van der Waals surface area contributed by atoms with Crippen molar-refractivity contribution < 1.29 is 14.8 Å². The van der Waals surface area contributed by atoms with Gasteiger partial charge in [0.15, 0.2) is 11.5 Å². The summed E-state index contributed by atoms with van der Waals surface area (Å²) in [6, 6.07) is 3.26. The lowest BCUT2D eigenvalue weighted by molar-refractivity contribution is -0.111. The van der Waals surface area contributed by atoms with Gasteiger partial charge in [0.1, 0.15) is 0 Å². The summed E-state index contributed by atoms with van der Waals surface area (Å²) in [6.45, 7) is 1.18. The summed E-state index contributed by atoms with van der Waals surface area (Å²) >= 11 is 1.20. The van der Waals surface area contributed by atoms with Gasteiger partial charge in [-0.25, -0.2) is 0 Å². The Hall–Kier alpha value is -1.49. The average Bonchev–Trinajstić information content (AvgIpc) is 2.56. The number of oxime groups is 1. The highest BCUT2D eigenvalue weighted by molar-refractivity contribution is 7.13. The molecule has 68 valence electrons. The van der Waals surface area contributed by atoms with Crippen molar-refractivity contribution in [2.24, 2.45) is 5.16 Å². The number of hydrogen-bond donors (Lipinski definition) is 1. The van der Waals surface area contributed by atoms with E-state index in [0.29, 0.717) is 4.88 Å². The molecule has 1 rings (SSSR count). The summed E-state index contributed by atoms with van der Waals surface area (Å²) in [4.78, 5) is 22.6. The van der Waals surface area contributed by atoms with Crippen LogP contribution < -0.4 is 0 Å². The van der Waals surface area contributed by atoms with Crippen LogP contribution in [0, 0.1) is 0 Å². The Balaban J connectivity index is 2.97. The second-order valence-electron chi connectivity index (χ2n) is 2.31. The standard InChI is InChI=1S/C8H7NO3S/c1-5(10)7(9-12)8(11)6-3-2-4-13-6/h2-4,12H,1H3/b9-7+. The molecule has 0 aliphatic carbocycles. The third-order valence-electron chi connectivity index (χ3n) is 1.39. The SMILES string of the molecule is CC(=O)/C(=N\O)C(=O)c1cccs1. The fraction of sp³-hybridized carbons (Fsp3) is 0.125. The maximum absolute atomic E-state index is 11.4. The second-order valence-corrected chi connectivity index (χ2v) is 3.26. The normalized spacial score (nSPS) is 11.3. The van der Waals surface area contributed by atoms with Crippen molar-refractivity contribution in [3.8, 4) is 0 Å².